The molecule has 30 heavy (non-hydrogen) atoms. The average Bonchev–Trinajstić information content (AvgIpc) is 3.24. The van der Waals surface area contributed by atoms with Gasteiger partial charge in [0.25, 0.3) is 11.8 Å². The largest absolute Gasteiger partial charge is 0.493 e. The molecule has 9 heteroatoms. The second-order valence-electron chi connectivity index (χ2n) is 6.79. The molecule has 0 aliphatic carbocycles. The van der Waals surface area contributed by atoms with Gasteiger partial charge in [0.15, 0.2) is 17.3 Å². The lowest BCUT2D eigenvalue weighted by Gasteiger charge is -2.15. The van der Waals surface area contributed by atoms with Crippen molar-refractivity contribution >= 4 is 11.9 Å². The van der Waals surface area contributed by atoms with Gasteiger partial charge in [0, 0.05) is 17.8 Å². The van der Waals surface area contributed by atoms with E-state index in [1.807, 2.05) is 30.3 Å². The van der Waals surface area contributed by atoms with Gasteiger partial charge in [-0.3, -0.25) is 9.59 Å². The average molecular weight is 410 g/mol. The van der Waals surface area contributed by atoms with Gasteiger partial charge in [-0.05, 0) is 19.1 Å². The summed E-state index contributed by atoms with van der Waals surface area (Å²) in [5, 5.41) is 6.67. The molecule has 1 atom stereocenters. The number of rotatable bonds is 7. The molecule has 2 heterocycles. The zero-order valence-corrected chi connectivity index (χ0v) is 17.1. The molecule has 0 aliphatic heterocycles. The fourth-order valence-corrected chi connectivity index (χ4v) is 2.51. The van der Waals surface area contributed by atoms with Gasteiger partial charge < -0.3 is 19.3 Å². The van der Waals surface area contributed by atoms with E-state index in [9.17, 15) is 9.59 Å². The lowest BCUT2D eigenvalue weighted by atomic mass is 10.2. The Morgan fingerprint density at radius 2 is 1.83 bits per heavy atom. The highest BCUT2D eigenvalue weighted by molar-refractivity contribution is 5.96. The van der Waals surface area contributed by atoms with E-state index in [0.29, 0.717) is 11.7 Å². The van der Waals surface area contributed by atoms with Crippen molar-refractivity contribution in [3.63, 3.8) is 0 Å². The second kappa shape index (κ2) is 9.17. The highest BCUT2D eigenvalue weighted by Crippen LogP contribution is 2.30. The lowest BCUT2D eigenvalue weighted by Crippen LogP contribution is -2.29. The van der Waals surface area contributed by atoms with Crippen LogP contribution in [0.3, 0.4) is 0 Å². The van der Waals surface area contributed by atoms with Crippen molar-refractivity contribution in [3.8, 4) is 23.0 Å². The number of pyridine rings is 1. The Hall–Kier alpha value is -3.75. The molecule has 0 bridgehead atoms. The Bertz CT molecular complexity index is 1030. The molecule has 0 fully saturated rings. The minimum absolute atomic E-state index is 0.0403. The molecule has 0 aliphatic rings. The number of esters is 1. The number of hydrogen-bond acceptors (Lipinski definition) is 8. The summed E-state index contributed by atoms with van der Waals surface area (Å²) in [5.74, 6) is -0.638. The maximum absolute atomic E-state index is 12.8. The molecular weight excluding hydrogens is 388 g/mol. The molecule has 0 spiro atoms. The normalized spacial score (nSPS) is 11.8. The van der Waals surface area contributed by atoms with Crippen molar-refractivity contribution in [2.45, 2.75) is 26.8 Å². The summed E-state index contributed by atoms with van der Waals surface area (Å²) >= 11 is 0. The molecule has 2 aromatic heterocycles. The molecule has 3 aromatic rings. The van der Waals surface area contributed by atoms with Crippen LogP contribution in [-0.2, 0) is 4.79 Å². The number of hydrogen-bond donors (Lipinski definition) is 1. The van der Waals surface area contributed by atoms with Gasteiger partial charge in [0.05, 0.1) is 19.1 Å². The molecule has 1 amide bonds. The van der Waals surface area contributed by atoms with Crippen LogP contribution in [0.2, 0.25) is 0 Å². The standard InChI is InChI=1S/C21H22N4O5/c1-12(2)21(27)29-17-15(28-4)10-11-22-16(17)19(26)23-13(3)18-24-20(30-25-18)14-8-6-5-7-9-14/h5-13H,1-4H3,(H,23,26)/t13-/m0/s1. The zero-order valence-electron chi connectivity index (χ0n) is 17.1. The summed E-state index contributed by atoms with van der Waals surface area (Å²) in [6, 6.07) is 10.2. The van der Waals surface area contributed by atoms with Gasteiger partial charge in [0.2, 0.25) is 5.75 Å². The quantitative estimate of drug-likeness (QED) is 0.590. The minimum atomic E-state index is -0.583. The third-order valence-corrected chi connectivity index (χ3v) is 4.17. The maximum atomic E-state index is 12.8. The summed E-state index contributed by atoms with van der Waals surface area (Å²) in [6.07, 6.45) is 1.40. The van der Waals surface area contributed by atoms with Crippen molar-refractivity contribution in [3.05, 3.63) is 54.1 Å². The van der Waals surface area contributed by atoms with Crippen LogP contribution in [0.5, 0.6) is 11.5 Å². The van der Waals surface area contributed by atoms with E-state index in [4.69, 9.17) is 14.0 Å². The first kappa shape index (κ1) is 21.0. The predicted octanol–water partition coefficient (Wildman–Crippen LogP) is 3.19. The van der Waals surface area contributed by atoms with Gasteiger partial charge >= 0.3 is 5.97 Å². The van der Waals surface area contributed by atoms with Crippen LogP contribution in [0.4, 0.5) is 0 Å². The van der Waals surface area contributed by atoms with E-state index < -0.39 is 17.9 Å². The summed E-state index contributed by atoms with van der Waals surface area (Å²) in [4.78, 5) is 33.3. The number of nitrogens with zero attached hydrogens (tertiary/aromatic N) is 3. The van der Waals surface area contributed by atoms with Crippen LogP contribution < -0.4 is 14.8 Å². The number of carbonyl (C=O) groups excluding carboxylic acids is 2. The smallest absolute Gasteiger partial charge is 0.313 e. The van der Waals surface area contributed by atoms with Gasteiger partial charge in [0.1, 0.15) is 0 Å². The van der Waals surface area contributed by atoms with Crippen molar-refractivity contribution in [1.82, 2.24) is 20.4 Å². The Balaban J connectivity index is 1.80. The molecule has 0 unspecified atom stereocenters. The van der Waals surface area contributed by atoms with E-state index in [2.05, 4.69) is 20.4 Å². The fourth-order valence-electron chi connectivity index (χ4n) is 2.51. The van der Waals surface area contributed by atoms with Gasteiger partial charge in [-0.25, -0.2) is 4.98 Å². The van der Waals surface area contributed by atoms with Crippen molar-refractivity contribution in [2.24, 2.45) is 5.92 Å². The van der Waals surface area contributed by atoms with Crippen LogP contribution in [0.25, 0.3) is 11.5 Å². The molecular formula is C21H22N4O5. The first-order valence-corrected chi connectivity index (χ1v) is 9.35. The van der Waals surface area contributed by atoms with E-state index in [-0.39, 0.29) is 23.1 Å². The number of nitrogens with one attached hydrogen (secondary N) is 1. The van der Waals surface area contributed by atoms with Crippen LogP contribution in [0.15, 0.2) is 47.1 Å². The number of ether oxygens (including phenoxy) is 2. The van der Waals surface area contributed by atoms with Crippen LogP contribution in [0.1, 0.15) is 43.1 Å². The Morgan fingerprint density at radius 3 is 2.50 bits per heavy atom. The SMILES string of the molecule is COc1ccnc(C(=O)N[C@@H](C)c2noc(-c3ccccc3)n2)c1OC(=O)C(C)C. The highest BCUT2D eigenvalue weighted by atomic mass is 16.6. The molecule has 1 aromatic carbocycles. The topological polar surface area (TPSA) is 116 Å². The number of methoxy groups -OCH3 is 1. The monoisotopic (exact) mass is 410 g/mol. The number of amides is 1. The van der Waals surface area contributed by atoms with E-state index in [1.54, 1.807) is 20.8 Å². The molecule has 156 valence electrons. The van der Waals surface area contributed by atoms with Crippen LogP contribution in [0, 0.1) is 5.92 Å². The maximum Gasteiger partial charge on any atom is 0.313 e. The van der Waals surface area contributed by atoms with Gasteiger partial charge in [-0.2, -0.15) is 4.98 Å². The zero-order chi connectivity index (χ0) is 21.7. The van der Waals surface area contributed by atoms with Gasteiger partial charge in [-0.15, -0.1) is 0 Å². The minimum Gasteiger partial charge on any atom is -0.493 e. The highest BCUT2D eigenvalue weighted by Gasteiger charge is 2.25. The number of aromatic nitrogens is 3. The molecule has 3 rings (SSSR count). The van der Waals surface area contributed by atoms with Crippen molar-refractivity contribution in [2.75, 3.05) is 7.11 Å². The summed E-state index contributed by atoms with van der Waals surface area (Å²) in [5.41, 5.74) is 0.689. The second-order valence-corrected chi connectivity index (χ2v) is 6.79. The lowest BCUT2D eigenvalue weighted by molar-refractivity contribution is -0.137. The molecule has 9 nitrogen and oxygen atoms in total. The van der Waals surface area contributed by atoms with Crippen LogP contribution in [-0.4, -0.2) is 34.1 Å². The summed E-state index contributed by atoms with van der Waals surface area (Å²) in [6.45, 7) is 5.08. The first-order chi connectivity index (χ1) is 14.4. The predicted molar refractivity (Wildman–Crippen MR) is 107 cm³/mol. The fraction of sp³-hybridized carbons (Fsp3) is 0.286. The van der Waals surface area contributed by atoms with E-state index in [1.165, 1.54) is 19.4 Å². The molecule has 0 radical (unpaired) electrons. The third kappa shape index (κ3) is 4.62. The third-order valence-electron chi connectivity index (χ3n) is 4.17. The number of benzene rings is 1. The van der Waals surface area contributed by atoms with E-state index >= 15 is 0 Å². The molecule has 1 N–H and O–H groups in total. The first-order valence-electron chi connectivity index (χ1n) is 9.35. The van der Waals surface area contributed by atoms with E-state index in [0.717, 1.165) is 5.56 Å². The summed E-state index contributed by atoms with van der Waals surface area (Å²) < 4.78 is 15.9. The summed E-state index contributed by atoms with van der Waals surface area (Å²) in [7, 11) is 1.41. The Labute approximate surface area is 173 Å². The molecule has 0 saturated heterocycles. The van der Waals surface area contributed by atoms with Gasteiger partial charge in [-0.1, -0.05) is 37.2 Å². The Morgan fingerprint density at radius 1 is 1.10 bits per heavy atom. The molecule has 0 saturated carbocycles. The van der Waals surface area contributed by atoms with Crippen LogP contribution >= 0.6 is 0 Å². The van der Waals surface area contributed by atoms with Crippen molar-refractivity contribution < 1.29 is 23.6 Å². The van der Waals surface area contributed by atoms with Crippen molar-refractivity contribution in [1.29, 1.82) is 0 Å². The number of carbonyl (C=O) groups is 2. The Kier molecular flexibility index (Phi) is 6.41.